The molecule has 5 heteroatoms. The molecule has 0 saturated carbocycles. The third-order valence-corrected chi connectivity index (χ3v) is 2.72. The Morgan fingerprint density at radius 2 is 2.11 bits per heavy atom. The van der Waals surface area contributed by atoms with E-state index in [-0.39, 0.29) is 23.9 Å². The van der Waals surface area contributed by atoms with E-state index in [1.807, 2.05) is 18.7 Å². The first-order chi connectivity index (χ1) is 8.20. The predicted octanol–water partition coefficient (Wildman–Crippen LogP) is 1.67. The molecule has 5 nitrogen and oxygen atoms in total. The van der Waals surface area contributed by atoms with Gasteiger partial charge in [0.05, 0.1) is 19.3 Å². The third-order valence-electron chi connectivity index (χ3n) is 2.72. The molecule has 0 unspecified atom stereocenters. The smallest absolute Gasteiger partial charge is 0.231 e. The number of hydrogen-bond donors (Lipinski definition) is 1. The van der Waals surface area contributed by atoms with E-state index in [4.69, 9.17) is 10.2 Å². The van der Waals surface area contributed by atoms with Crippen LogP contribution in [0.25, 0.3) is 0 Å². The molecule has 18 heavy (non-hydrogen) atoms. The Kier molecular flexibility index (Phi) is 4.51. The Hall–Kier alpha value is -1.36. The maximum Gasteiger partial charge on any atom is 0.231 e. The summed E-state index contributed by atoms with van der Waals surface area (Å²) >= 11 is 0. The van der Waals surface area contributed by atoms with Crippen molar-refractivity contribution < 1.29 is 9.21 Å². The quantitative estimate of drug-likeness (QED) is 0.866. The first-order valence-corrected chi connectivity index (χ1v) is 6.17. The van der Waals surface area contributed by atoms with Crippen LogP contribution in [0.4, 0.5) is 0 Å². The normalized spacial score (nSPS) is 12.4. The monoisotopic (exact) mass is 253 g/mol. The molecule has 1 aromatic heterocycles. The zero-order valence-electron chi connectivity index (χ0n) is 11.9. The van der Waals surface area contributed by atoms with Crippen molar-refractivity contribution in [2.75, 3.05) is 6.54 Å². The highest BCUT2D eigenvalue weighted by molar-refractivity contribution is 5.75. The molecule has 0 aliphatic rings. The predicted molar refractivity (Wildman–Crippen MR) is 69.9 cm³/mol. The van der Waals surface area contributed by atoms with Crippen LogP contribution in [0.3, 0.4) is 0 Å². The van der Waals surface area contributed by atoms with Crippen LogP contribution >= 0.6 is 0 Å². The summed E-state index contributed by atoms with van der Waals surface area (Å²) in [4.78, 5) is 17.2. The largest absolute Gasteiger partial charge is 0.444 e. The van der Waals surface area contributed by atoms with Crippen LogP contribution in [-0.4, -0.2) is 28.4 Å². The van der Waals surface area contributed by atoms with E-state index in [2.05, 4.69) is 25.8 Å². The molecule has 0 atom stereocenters. The van der Waals surface area contributed by atoms with Crippen LogP contribution in [0.2, 0.25) is 0 Å². The van der Waals surface area contributed by atoms with Gasteiger partial charge in [0.15, 0.2) is 0 Å². The van der Waals surface area contributed by atoms with Crippen molar-refractivity contribution in [3.8, 4) is 0 Å². The Labute approximate surface area is 108 Å². The van der Waals surface area contributed by atoms with Gasteiger partial charge in [-0.05, 0) is 13.8 Å². The fourth-order valence-electron chi connectivity index (χ4n) is 1.53. The zero-order chi connectivity index (χ0) is 13.9. The molecule has 1 heterocycles. The summed E-state index contributed by atoms with van der Waals surface area (Å²) < 4.78 is 5.71. The molecule has 1 rings (SSSR count). The second kappa shape index (κ2) is 5.52. The molecule has 0 aromatic carbocycles. The summed E-state index contributed by atoms with van der Waals surface area (Å²) in [6.45, 7) is 10.9. The molecule has 1 amide bonds. The van der Waals surface area contributed by atoms with Gasteiger partial charge in [-0.25, -0.2) is 4.98 Å². The third kappa shape index (κ3) is 4.14. The summed E-state index contributed by atoms with van der Waals surface area (Å²) in [5.74, 6) is 1.13. The van der Waals surface area contributed by atoms with Crippen molar-refractivity contribution >= 4 is 5.91 Å². The van der Waals surface area contributed by atoms with Gasteiger partial charge in [0.2, 0.25) is 11.8 Å². The minimum atomic E-state index is -0.341. The van der Waals surface area contributed by atoms with E-state index >= 15 is 0 Å². The van der Waals surface area contributed by atoms with Gasteiger partial charge >= 0.3 is 0 Å². The van der Waals surface area contributed by atoms with Gasteiger partial charge in [-0.1, -0.05) is 20.8 Å². The number of oxazole rings is 1. The second-order valence-corrected chi connectivity index (χ2v) is 5.83. The maximum atomic E-state index is 11.0. The fourth-order valence-corrected chi connectivity index (χ4v) is 1.53. The Morgan fingerprint density at radius 1 is 1.50 bits per heavy atom. The SMILES string of the molecule is CC(C)N(CC(N)=O)Cc1ncc(C(C)(C)C)o1. The lowest BCUT2D eigenvalue weighted by Crippen LogP contribution is -2.38. The molecule has 0 aliphatic carbocycles. The standard InChI is InChI=1S/C13H23N3O2/c1-9(2)16(7-11(14)17)8-12-15-6-10(18-12)13(3,4)5/h6,9H,7-8H2,1-5H3,(H2,14,17). The van der Waals surface area contributed by atoms with Crippen molar-refractivity contribution in [1.82, 2.24) is 9.88 Å². The minimum Gasteiger partial charge on any atom is -0.444 e. The summed E-state index contributed by atoms with van der Waals surface area (Å²) in [6.07, 6.45) is 1.75. The van der Waals surface area contributed by atoms with Gasteiger partial charge in [0.25, 0.3) is 0 Å². The zero-order valence-corrected chi connectivity index (χ0v) is 11.9. The first-order valence-electron chi connectivity index (χ1n) is 6.17. The van der Waals surface area contributed by atoms with E-state index in [1.165, 1.54) is 0 Å². The molecule has 0 fully saturated rings. The van der Waals surface area contributed by atoms with Crippen LogP contribution in [0, 0.1) is 0 Å². The van der Waals surface area contributed by atoms with Crippen LogP contribution in [0.1, 0.15) is 46.3 Å². The summed E-state index contributed by atoms with van der Waals surface area (Å²) in [6, 6.07) is 0.211. The second-order valence-electron chi connectivity index (χ2n) is 5.83. The number of amides is 1. The lowest BCUT2D eigenvalue weighted by molar-refractivity contribution is -0.119. The molecule has 0 aliphatic heterocycles. The summed E-state index contributed by atoms with van der Waals surface area (Å²) in [7, 11) is 0. The molecule has 0 bridgehead atoms. The molecular weight excluding hydrogens is 230 g/mol. The minimum absolute atomic E-state index is 0.0579. The summed E-state index contributed by atoms with van der Waals surface area (Å²) in [5.41, 5.74) is 5.17. The van der Waals surface area contributed by atoms with Gasteiger partial charge in [-0.15, -0.1) is 0 Å². The van der Waals surface area contributed by atoms with Crippen LogP contribution in [0.5, 0.6) is 0 Å². The highest BCUT2D eigenvalue weighted by Crippen LogP contribution is 2.23. The van der Waals surface area contributed by atoms with Crippen LogP contribution in [0.15, 0.2) is 10.6 Å². The van der Waals surface area contributed by atoms with Crippen molar-refractivity contribution in [3.63, 3.8) is 0 Å². The number of rotatable bonds is 5. The van der Waals surface area contributed by atoms with Crippen molar-refractivity contribution in [3.05, 3.63) is 17.8 Å². The van der Waals surface area contributed by atoms with E-state index in [0.717, 1.165) is 5.76 Å². The summed E-state index contributed by atoms with van der Waals surface area (Å²) in [5, 5.41) is 0. The number of nitrogens with zero attached hydrogens (tertiary/aromatic N) is 2. The van der Waals surface area contributed by atoms with Gasteiger partial charge in [0.1, 0.15) is 5.76 Å². The maximum absolute atomic E-state index is 11.0. The number of hydrogen-bond acceptors (Lipinski definition) is 4. The first kappa shape index (κ1) is 14.7. The topological polar surface area (TPSA) is 72.4 Å². The lowest BCUT2D eigenvalue weighted by atomic mass is 9.94. The molecule has 0 spiro atoms. The van der Waals surface area contributed by atoms with Crippen molar-refractivity contribution in [2.45, 2.75) is 52.6 Å². The van der Waals surface area contributed by atoms with E-state index in [0.29, 0.717) is 12.4 Å². The Morgan fingerprint density at radius 3 is 2.50 bits per heavy atom. The van der Waals surface area contributed by atoms with E-state index in [1.54, 1.807) is 6.20 Å². The average molecular weight is 253 g/mol. The van der Waals surface area contributed by atoms with Gasteiger partial charge in [0, 0.05) is 11.5 Å². The fraction of sp³-hybridized carbons (Fsp3) is 0.692. The number of carbonyl (C=O) groups excluding carboxylic acids is 1. The van der Waals surface area contributed by atoms with Gasteiger partial charge < -0.3 is 10.2 Å². The number of nitrogens with two attached hydrogens (primary N) is 1. The number of aromatic nitrogens is 1. The van der Waals surface area contributed by atoms with Gasteiger partial charge in [-0.3, -0.25) is 9.69 Å². The van der Waals surface area contributed by atoms with Crippen molar-refractivity contribution in [2.24, 2.45) is 5.73 Å². The molecule has 102 valence electrons. The van der Waals surface area contributed by atoms with Crippen molar-refractivity contribution in [1.29, 1.82) is 0 Å². The molecule has 1 aromatic rings. The molecule has 2 N–H and O–H groups in total. The number of primary amides is 1. The van der Waals surface area contributed by atoms with Gasteiger partial charge in [-0.2, -0.15) is 0 Å². The number of carbonyl (C=O) groups is 1. The Bertz CT molecular complexity index is 405. The van der Waals surface area contributed by atoms with E-state index in [9.17, 15) is 4.79 Å². The van der Waals surface area contributed by atoms with Crippen LogP contribution in [-0.2, 0) is 16.8 Å². The highest BCUT2D eigenvalue weighted by atomic mass is 16.4. The van der Waals surface area contributed by atoms with Crippen LogP contribution < -0.4 is 5.73 Å². The average Bonchev–Trinajstić information content (AvgIpc) is 2.63. The molecule has 0 saturated heterocycles. The van der Waals surface area contributed by atoms with E-state index < -0.39 is 0 Å². The lowest BCUT2D eigenvalue weighted by Gasteiger charge is -2.23. The molecule has 0 radical (unpaired) electrons. The Balaban J connectivity index is 2.76. The highest BCUT2D eigenvalue weighted by Gasteiger charge is 2.21. The molecular formula is C13H23N3O2.